The van der Waals surface area contributed by atoms with Gasteiger partial charge in [0.15, 0.2) is 0 Å². The van der Waals surface area contributed by atoms with Crippen LogP contribution >= 0.6 is 0 Å². The van der Waals surface area contributed by atoms with Gasteiger partial charge < -0.3 is 10.8 Å². The Balaban J connectivity index is 2.27. The topological polar surface area (TPSA) is 83.6 Å². The van der Waals surface area contributed by atoms with Crippen LogP contribution in [0, 0.1) is 0 Å². The molecule has 1 aliphatic heterocycles. The van der Waals surface area contributed by atoms with E-state index in [2.05, 4.69) is 0 Å². The molecule has 3 N–H and O–H groups in total. The van der Waals surface area contributed by atoms with Gasteiger partial charge in [-0.05, 0) is 37.0 Å². The first kappa shape index (κ1) is 14.3. The first-order valence-electron chi connectivity index (χ1n) is 6.51. The molecule has 0 saturated carbocycles. The van der Waals surface area contributed by atoms with Crippen LogP contribution in [0.3, 0.4) is 0 Å². The largest absolute Gasteiger partial charge is 0.398 e. The normalized spacial score (nSPS) is 18.6. The molecule has 0 unspecified atom stereocenters. The standard InChI is InChI=1S/C13H20N2O3S/c1-2-10-3-4-12(9-13(10)14)19(17,18)15-7-5-11(16)6-8-15/h3-4,9,11,16H,2,5-8,14H2,1H3. The van der Waals surface area contributed by atoms with Gasteiger partial charge in [0.05, 0.1) is 11.0 Å². The summed E-state index contributed by atoms with van der Waals surface area (Å²) in [7, 11) is -3.49. The van der Waals surface area contributed by atoms with E-state index in [1.54, 1.807) is 12.1 Å². The van der Waals surface area contributed by atoms with Gasteiger partial charge in [-0.3, -0.25) is 0 Å². The van der Waals surface area contributed by atoms with Crippen LogP contribution in [0.2, 0.25) is 0 Å². The lowest BCUT2D eigenvalue weighted by Gasteiger charge is -2.28. The highest BCUT2D eigenvalue weighted by Gasteiger charge is 2.28. The number of nitrogens with two attached hydrogens (primary N) is 1. The highest BCUT2D eigenvalue weighted by atomic mass is 32.2. The minimum Gasteiger partial charge on any atom is -0.398 e. The van der Waals surface area contributed by atoms with Crippen molar-refractivity contribution in [3.8, 4) is 0 Å². The lowest BCUT2D eigenvalue weighted by Crippen LogP contribution is -2.40. The van der Waals surface area contributed by atoms with Crippen molar-refractivity contribution in [1.29, 1.82) is 0 Å². The first-order chi connectivity index (χ1) is 8.95. The third-order valence-corrected chi connectivity index (χ3v) is 5.45. The molecule has 19 heavy (non-hydrogen) atoms. The van der Waals surface area contributed by atoms with Gasteiger partial charge in [-0.1, -0.05) is 13.0 Å². The van der Waals surface area contributed by atoms with E-state index in [1.807, 2.05) is 6.92 Å². The van der Waals surface area contributed by atoms with E-state index in [0.29, 0.717) is 31.6 Å². The zero-order valence-corrected chi connectivity index (χ0v) is 11.9. The quantitative estimate of drug-likeness (QED) is 0.810. The van der Waals surface area contributed by atoms with Crippen molar-refractivity contribution >= 4 is 15.7 Å². The molecule has 0 aromatic heterocycles. The zero-order valence-electron chi connectivity index (χ0n) is 11.0. The second kappa shape index (κ2) is 5.48. The van der Waals surface area contributed by atoms with Gasteiger partial charge in [0.1, 0.15) is 0 Å². The molecule has 0 spiro atoms. The van der Waals surface area contributed by atoms with Crippen LogP contribution < -0.4 is 5.73 Å². The number of hydrogen-bond acceptors (Lipinski definition) is 4. The Bertz CT molecular complexity index is 549. The summed E-state index contributed by atoms with van der Waals surface area (Å²) in [4.78, 5) is 0.235. The number of aliphatic hydroxyl groups is 1. The Hall–Kier alpha value is -1.11. The first-order valence-corrected chi connectivity index (χ1v) is 7.95. The highest BCUT2D eigenvalue weighted by molar-refractivity contribution is 7.89. The van der Waals surface area contributed by atoms with Crippen LogP contribution in [0.1, 0.15) is 25.3 Å². The number of nitrogens with zero attached hydrogens (tertiary/aromatic N) is 1. The van der Waals surface area contributed by atoms with Crippen molar-refractivity contribution in [2.75, 3.05) is 18.8 Å². The summed E-state index contributed by atoms with van der Waals surface area (Å²) in [6.45, 7) is 2.70. The second-order valence-corrected chi connectivity index (χ2v) is 6.79. The maximum Gasteiger partial charge on any atom is 0.243 e. The SMILES string of the molecule is CCc1ccc(S(=O)(=O)N2CCC(O)CC2)cc1N. The second-order valence-electron chi connectivity index (χ2n) is 4.85. The molecule has 0 radical (unpaired) electrons. The molecule has 1 aromatic carbocycles. The number of benzene rings is 1. The van der Waals surface area contributed by atoms with Gasteiger partial charge in [0.2, 0.25) is 10.0 Å². The van der Waals surface area contributed by atoms with Crippen LogP contribution in [0.25, 0.3) is 0 Å². The molecular weight excluding hydrogens is 264 g/mol. The summed E-state index contributed by atoms with van der Waals surface area (Å²) in [6.07, 6.45) is 1.37. The molecule has 1 heterocycles. The van der Waals surface area contributed by atoms with Crippen molar-refractivity contribution in [2.24, 2.45) is 0 Å². The van der Waals surface area contributed by atoms with E-state index in [1.165, 1.54) is 10.4 Å². The number of aliphatic hydroxyl groups excluding tert-OH is 1. The van der Waals surface area contributed by atoms with Gasteiger partial charge in [-0.25, -0.2) is 8.42 Å². The average molecular weight is 284 g/mol. The Kier molecular flexibility index (Phi) is 4.13. The monoisotopic (exact) mass is 284 g/mol. The van der Waals surface area contributed by atoms with Crippen LogP contribution in [-0.2, 0) is 16.4 Å². The maximum absolute atomic E-state index is 12.4. The Morgan fingerprint density at radius 2 is 2.00 bits per heavy atom. The number of rotatable bonds is 3. The molecule has 1 fully saturated rings. The number of nitrogen functional groups attached to an aromatic ring is 1. The molecule has 106 valence electrons. The Morgan fingerprint density at radius 1 is 1.37 bits per heavy atom. The van der Waals surface area contributed by atoms with E-state index in [4.69, 9.17) is 5.73 Å². The lowest BCUT2D eigenvalue weighted by atomic mass is 10.1. The van der Waals surface area contributed by atoms with Crippen LogP contribution in [-0.4, -0.2) is 37.0 Å². The summed E-state index contributed by atoms with van der Waals surface area (Å²) in [5.41, 5.74) is 7.32. The number of sulfonamides is 1. The molecule has 0 amide bonds. The molecule has 1 aromatic rings. The van der Waals surface area contributed by atoms with Crippen molar-refractivity contribution in [1.82, 2.24) is 4.31 Å². The molecule has 0 bridgehead atoms. The molecule has 6 heteroatoms. The van der Waals surface area contributed by atoms with Gasteiger partial charge in [-0.15, -0.1) is 0 Å². The molecule has 1 saturated heterocycles. The summed E-state index contributed by atoms with van der Waals surface area (Å²) in [6, 6.07) is 4.90. The van der Waals surface area contributed by atoms with Gasteiger partial charge in [-0.2, -0.15) is 4.31 Å². The van der Waals surface area contributed by atoms with E-state index >= 15 is 0 Å². The number of aryl methyl sites for hydroxylation is 1. The molecule has 1 aliphatic rings. The third kappa shape index (κ3) is 2.91. The Morgan fingerprint density at radius 3 is 2.53 bits per heavy atom. The summed E-state index contributed by atoms with van der Waals surface area (Å²) in [5, 5.41) is 9.43. The van der Waals surface area contributed by atoms with Gasteiger partial charge in [0.25, 0.3) is 0 Å². The van der Waals surface area contributed by atoms with Crippen LogP contribution in [0.15, 0.2) is 23.1 Å². The minimum absolute atomic E-state index is 0.235. The van der Waals surface area contributed by atoms with Gasteiger partial charge >= 0.3 is 0 Å². The highest BCUT2D eigenvalue weighted by Crippen LogP contribution is 2.24. The van der Waals surface area contributed by atoms with E-state index in [9.17, 15) is 13.5 Å². The van der Waals surface area contributed by atoms with Crippen molar-refractivity contribution in [3.63, 3.8) is 0 Å². The maximum atomic E-state index is 12.4. The van der Waals surface area contributed by atoms with Gasteiger partial charge in [0, 0.05) is 18.8 Å². The molecule has 2 rings (SSSR count). The predicted octanol–water partition coefficient (Wildman–Crippen LogP) is 0.977. The summed E-state index contributed by atoms with van der Waals surface area (Å²) >= 11 is 0. The van der Waals surface area contributed by atoms with E-state index < -0.39 is 10.0 Å². The number of piperidine rings is 1. The molecule has 0 atom stereocenters. The van der Waals surface area contributed by atoms with Crippen molar-refractivity contribution in [2.45, 2.75) is 37.2 Å². The van der Waals surface area contributed by atoms with Crippen LogP contribution in [0.5, 0.6) is 0 Å². The van der Waals surface area contributed by atoms with E-state index in [-0.39, 0.29) is 11.0 Å². The fourth-order valence-electron chi connectivity index (χ4n) is 2.29. The van der Waals surface area contributed by atoms with Crippen molar-refractivity contribution in [3.05, 3.63) is 23.8 Å². The van der Waals surface area contributed by atoms with Crippen LogP contribution in [0.4, 0.5) is 5.69 Å². The lowest BCUT2D eigenvalue weighted by molar-refractivity contribution is 0.113. The zero-order chi connectivity index (χ0) is 14.0. The van der Waals surface area contributed by atoms with Crippen molar-refractivity contribution < 1.29 is 13.5 Å². The fourth-order valence-corrected chi connectivity index (χ4v) is 3.79. The smallest absolute Gasteiger partial charge is 0.243 e. The average Bonchev–Trinajstić information content (AvgIpc) is 2.39. The third-order valence-electron chi connectivity index (χ3n) is 3.56. The number of anilines is 1. The molecule has 0 aliphatic carbocycles. The summed E-state index contributed by atoms with van der Waals surface area (Å²) in [5.74, 6) is 0. The summed E-state index contributed by atoms with van der Waals surface area (Å²) < 4.78 is 26.3. The minimum atomic E-state index is -3.49. The molecule has 5 nitrogen and oxygen atoms in total. The van der Waals surface area contributed by atoms with E-state index in [0.717, 1.165) is 12.0 Å². The fraction of sp³-hybridized carbons (Fsp3) is 0.538. The number of hydrogen-bond donors (Lipinski definition) is 2. The Labute approximate surface area is 114 Å². The molecular formula is C13H20N2O3S. The predicted molar refractivity (Wildman–Crippen MR) is 74.2 cm³/mol.